The first kappa shape index (κ1) is 18.7. The molecule has 1 fully saturated rings. The molecule has 0 aliphatic carbocycles. The summed E-state index contributed by atoms with van der Waals surface area (Å²) in [5.74, 6) is 0.627. The Balaban J connectivity index is 1.67. The first-order valence-electron chi connectivity index (χ1n) is 8.99. The molecule has 8 nitrogen and oxygen atoms in total. The minimum atomic E-state index is -3.24. The van der Waals surface area contributed by atoms with Gasteiger partial charge in [-0.1, -0.05) is 12.1 Å². The molecule has 3 heterocycles. The minimum absolute atomic E-state index is 0.0555. The number of sulfone groups is 1. The summed E-state index contributed by atoms with van der Waals surface area (Å²) < 4.78 is 29.1. The van der Waals surface area contributed by atoms with Crippen LogP contribution in [0.3, 0.4) is 0 Å². The van der Waals surface area contributed by atoms with E-state index in [9.17, 15) is 8.42 Å². The first-order valence-corrected chi connectivity index (χ1v) is 10.9. The van der Waals surface area contributed by atoms with Crippen LogP contribution in [0.4, 0.5) is 5.82 Å². The number of nitrogens with one attached hydrogen (secondary N) is 2. The van der Waals surface area contributed by atoms with Crippen molar-refractivity contribution in [3.8, 4) is 11.3 Å². The van der Waals surface area contributed by atoms with E-state index in [1.54, 1.807) is 36.7 Å². The molecule has 3 aromatic rings. The number of fused-ring (bicyclic) bond motifs is 1. The van der Waals surface area contributed by atoms with E-state index in [4.69, 9.17) is 9.72 Å². The van der Waals surface area contributed by atoms with Crippen LogP contribution >= 0.6 is 0 Å². The van der Waals surface area contributed by atoms with Gasteiger partial charge in [0.2, 0.25) is 0 Å². The van der Waals surface area contributed by atoms with E-state index >= 15 is 0 Å². The molecule has 1 atom stereocenters. The molecule has 0 spiro atoms. The number of morpholine rings is 1. The van der Waals surface area contributed by atoms with Crippen molar-refractivity contribution in [2.24, 2.45) is 0 Å². The molecule has 0 unspecified atom stereocenters. The van der Waals surface area contributed by atoms with Crippen LogP contribution in [0.2, 0.25) is 0 Å². The van der Waals surface area contributed by atoms with Crippen molar-refractivity contribution in [1.29, 1.82) is 0 Å². The summed E-state index contributed by atoms with van der Waals surface area (Å²) in [4.78, 5) is 13.8. The molecule has 1 saturated heterocycles. The van der Waals surface area contributed by atoms with E-state index in [1.807, 2.05) is 6.07 Å². The van der Waals surface area contributed by atoms with Crippen molar-refractivity contribution in [2.75, 3.05) is 37.8 Å². The normalized spacial score (nSPS) is 17.5. The van der Waals surface area contributed by atoms with Gasteiger partial charge in [0.1, 0.15) is 5.52 Å². The van der Waals surface area contributed by atoms with Gasteiger partial charge in [-0.3, -0.25) is 4.98 Å². The van der Waals surface area contributed by atoms with Crippen LogP contribution in [-0.4, -0.2) is 62.0 Å². The van der Waals surface area contributed by atoms with Crippen molar-refractivity contribution in [1.82, 2.24) is 20.3 Å². The number of benzene rings is 1. The van der Waals surface area contributed by atoms with Crippen LogP contribution < -0.4 is 10.6 Å². The Morgan fingerprint density at radius 1 is 1.21 bits per heavy atom. The lowest BCUT2D eigenvalue weighted by Gasteiger charge is -2.24. The third kappa shape index (κ3) is 4.11. The molecule has 1 aliphatic rings. The second kappa shape index (κ2) is 7.78. The van der Waals surface area contributed by atoms with E-state index in [0.29, 0.717) is 35.7 Å². The second-order valence-corrected chi connectivity index (χ2v) is 8.67. The Morgan fingerprint density at radius 2 is 2.00 bits per heavy atom. The number of hydrogen-bond donors (Lipinski definition) is 2. The van der Waals surface area contributed by atoms with Crippen LogP contribution in [0, 0.1) is 0 Å². The molecule has 28 heavy (non-hydrogen) atoms. The molecule has 0 amide bonds. The van der Waals surface area contributed by atoms with Gasteiger partial charge >= 0.3 is 0 Å². The molecule has 4 rings (SSSR count). The molecule has 0 bridgehead atoms. The van der Waals surface area contributed by atoms with Crippen molar-refractivity contribution >= 4 is 26.7 Å². The second-order valence-electron chi connectivity index (χ2n) is 6.65. The lowest BCUT2D eigenvalue weighted by Crippen LogP contribution is -2.42. The first-order chi connectivity index (χ1) is 13.5. The van der Waals surface area contributed by atoms with Gasteiger partial charge in [-0.25, -0.2) is 18.4 Å². The van der Waals surface area contributed by atoms with Gasteiger partial charge in [0, 0.05) is 43.8 Å². The largest absolute Gasteiger partial charge is 0.374 e. The van der Waals surface area contributed by atoms with Crippen LogP contribution in [0.15, 0.2) is 47.6 Å². The zero-order valence-corrected chi connectivity index (χ0v) is 16.2. The summed E-state index contributed by atoms with van der Waals surface area (Å²) in [7, 11) is -3.24. The predicted octanol–water partition coefficient (Wildman–Crippen LogP) is 1.50. The quantitative estimate of drug-likeness (QED) is 0.665. The molecular weight excluding hydrogens is 378 g/mol. The molecule has 9 heteroatoms. The van der Waals surface area contributed by atoms with Crippen LogP contribution in [-0.2, 0) is 14.6 Å². The third-order valence-electron chi connectivity index (χ3n) is 4.54. The summed E-state index contributed by atoms with van der Waals surface area (Å²) in [6, 6.07) is 8.52. The van der Waals surface area contributed by atoms with Gasteiger partial charge in [0.05, 0.1) is 28.8 Å². The van der Waals surface area contributed by atoms with E-state index in [2.05, 4.69) is 20.6 Å². The summed E-state index contributed by atoms with van der Waals surface area (Å²) in [5.41, 5.74) is 2.89. The highest BCUT2D eigenvalue weighted by Crippen LogP contribution is 2.26. The van der Waals surface area contributed by atoms with Gasteiger partial charge in [0.15, 0.2) is 15.7 Å². The third-order valence-corrected chi connectivity index (χ3v) is 5.66. The molecule has 146 valence electrons. The van der Waals surface area contributed by atoms with Crippen LogP contribution in [0.25, 0.3) is 22.3 Å². The fourth-order valence-corrected chi connectivity index (χ4v) is 3.71. The lowest BCUT2D eigenvalue weighted by atomic mass is 10.1. The molecule has 2 N–H and O–H groups in total. The smallest absolute Gasteiger partial charge is 0.175 e. The molecule has 1 aliphatic heterocycles. The molecule has 0 radical (unpaired) electrons. The van der Waals surface area contributed by atoms with Gasteiger partial charge in [0.25, 0.3) is 0 Å². The Bertz CT molecular complexity index is 1080. The van der Waals surface area contributed by atoms with Gasteiger partial charge in [-0.15, -0.1) is 0 Å². The maximum atomic E-state index is 11.7. The molecule has 1 aromatic carbocycles. The van der Waals surface area contributed by atoms with E-state index in [1.165, 1.54) is 6.26 Å². The average molecular weight is 399 g/mol. The average Bonchev–Trinajstić information content (AvgIpc) is 2.72. The van der Waals surface area contributed by atoms with E-state index < -0.39 is 9.84 Å². The SMILES string of the molecule is CS(=O)(=O)c1ccc(-c2cc3nccnc3c(NC[C@@H]3CNCCO3)n2)cc1. The molecular formula is C19H21N5O3S. The summed E-state index contributed by atoms with van der Waals surface area (Å²) in [6.07, 6.45) is 4.52. The monoisotopic (exact) mass is 399 g/mol. The summed E-state index contributed by atoms with van der Waals surface area (Å²) in [6.45, 7) is 2.93. The van der Waals surface area contributed by atoms with Crippen molar-refractivity contribution < 1.29 is 13.2 Å². The number of rotatable bonds is 5. The van der Waals surface area contributed by atoms with E-state index in [-0.39, 0.29) is 11.0 Å². The highest BCUT2D eigenvalue weighted by atomic mass is 32.2. The zero-order chi connectivity index (χ0) is 19.6. The van der Waals surface area contributed by atoms with Crippen LogP contribution in [0.1, 0.15) is 0 Å². The minimum Gasteiger partial charge on any atom is -0.374 e. The fourth-order valence-electron chi connectivity index (χ4n) is 3.08. The van der Waals surface area contributed by atoms with Gasteiger partial charge in [-0.2, -0.15) is 0 Å². The fraction of sp³-hybridized carbons (Fsp3) is 0.316. The maximum absolute atomic E-state index is 11.7. The van der Waals surface area contributed by atoms with E-state index in [0.717, 1.165) is 18.7 Å². The van der Waals surface area contributed by atoms with Gasteiger partial charge in [-0.05, 0) is 18.2 Å². The van der Waals surface area contributed by atoms with Crippen molar-refractivity contribution in [3.05, 3.63) is 42.7 Å². The molecule has 0 saturated carbocycles. The predicted molar refractivity (Wildman–Crippen MR) is 107 cm³/mol. The van der Waals surface area contributed by atoms with Gasteiger partial charge < -0.3 is 15.4 Å². The molecule has 2 aromatic heterocycles. The number of hydrogen-bond acceptors (Lipinski definition) is 8. The number of ether oxygens (including phenoxy) is 1. The van der Waals surface area contributed by atoms with Crippen molar-refractivity contribution in [2.45, 2.75) is 11.0 Å². The van der Waals surface area contributed by atoms with Crippen LogP contribution in [0.5, 0.6) is 0 Å². The number of anilines is 1. The number of aromatic nitrogens is 3. The summed E-state index contributed by atoms with van der Waals surface area (Å²) >= 11 is 0. The number of pyridine rings is 1. The zero-order valence-electron chi connectivity index (χ0n) is 15.4. The standard InChI is InChI=1S/C19H21N5O3S/c1-28(25,26)15-4-2-13(3-5-15)16-10-17-18(22-7-6-21-17)19(24-16)23-12-14-11-20-8-9-27-14/h2-7,10,14,20H,8-9,11-12H2,1H3,(H,23,24)/t14-/m0/s1. The topological polar surface area (TPSA) is 106 Å². The highest BCUT2D eigenvalue weighted by Gasteiger charge is 2.16. The Morgan fingerprint density at radius 3 is 2.71 bits per heavy atom. The maximum Gasteiger partial charge on any atom is 0.175 e. The van der Waals surface area contributed by atoms with Crippen molar-refractivity contribution in [3.63, 3.8) is 0 Å². The Labute approximate surface area is 163 Å². The lowest BCUT2D eigenvalue weighted by molar-refractivity contribution is 0.0372. The Kier molecular flexibility index (Phi) is 5.21. The highest BCUT2D eigenvalue weighted by molar-refractivity contribution is 7.90. The summed E-state index contributed by atoms with van der Waals surface area (Å²) in [5, 5.41) is 6.63. The number of nitrogens with zero attached hydrogens (tertiary/aromatic N) is 3. The Hall–Kier alpha value is -2.62.